The van der Waals surface area contributed by atoms with E-state index in [0.717, 1.165) is 38.8 Å². The fourth-order valence-corrected chi connectivity index (χ4v) is 2.86. The second kappa shape index (κ2) is 4.94. The van der Waals surface area contributed by atoms with Gasteiger partial charge in [-0.05, 0) is 55.5 Å². The highest BCUT2D eigenvalue weighted by molar-refractivity contribution is 5.95. The van der Waals surface area contributed by atoms with Gasteiger partial charge in [-0.1, -0.05) is 6.07 Å². The molecule has 0 radical (unpaired) electrons. The number of carbonyl (C=O) groups excluding carboxylic acids is 1. The quantitative estimate of drug-likeness (QED) is 0.759. The summed E-state index contributed by atoms with van der Waals surface area (Å²) >= 11 is 0. The zero-order valence-corrected chi connectivity index (χ0v) is 11.0. The number of nitrogens with one attached hydrogen (secondary N) is 2. The van der Waals surface area contributed by atoms with Crippen LogP contribution < -0.4 is 10.6 Å². The summed E-state index contributed by atoms with van der Waals surface area (Å²) in [4.78, 5) is 12.3. The highest BCUT2D eigenvalue weighted by Gasteiger charge is 2.37. The SMILES string of the molecule is O=C(NC1(CO)CCC1)c1ccc2c(c1)CNCC2. The summed E-state index contributed by atoms with van der Waals surface area (Å²) in [7, 11) is 0. The molecule has 2 aliphatic rings. The maximum Gasteiger partial charge on any atom is 0.251 e. The monoisotopic (exact) mass is 260 g/mol. The molecular weight excluding hydrogens is 240 g/mol. The first-order valence-corrected chi connectivity index (χ1v) is 6.98. The molecule has 1 amide bonds. The first kappa shape index (κ1) is 12.6. The summed E-state index contributed by atoms with van der Waals surface area (Å²) in [5.74, 6) is -0.0675. The number of aliphatic hydroxyl groups is 1. The standard InChI is InChI=1S/C15H20N2O2/c18-10-15(5-1-6-15)17-14(19)12-3-2-11-4-7-16-9-13(11)8-12/h2-3,8,16,18H,1,4-7,9-10H2,(H,17,19). The molecule has 0 spiro atoms. The van der Waals surface area contributed by atoms with Crippen molar-refractivity contribution in [1.29, 1.82) is 0 Å². The number of aliphatic hydroxyl groups excluding tert-OH is 1. The summed E-state index contributed by atoms with van der Waals surface area (Å²) in [6.07, 6.45) is 3.86. The lowest BCUT2D eigenvalue weighted by Gasteiger charge is -2.41. The minimum atomic E-state index is -0.370. The zero-order chi connectivity index (χ0) is 13.3. The molecule has 0 atom stereocenters. The molecule has 1 fully saturated rings. The van der Waals surface area contributed by atoms with Crippen molar-refractivity contribution < 1.29 is 9.90 Å². The van der Waals surface area contributed by atoms with E-state index in [1.165, 1.54) is 11.1 Å². The molecular formula is C15H20N2O2. The molecule has 1 heterocycles. The third-order valence-corrected chi connectivity index (χ3v) is 4.35. The Morgan fingerprint density at radius 2 is 2.21 bits per heavy atom. The molecule has 1 aromatic rings. The van der Waals surface area contributed by atoms with Crippen molar-refractivity contribution in [3.63, 3.8) is 0 Å². The van der Waals surface area contributed by atoms with Crippen molar-refractivity contribution in [2.24, 2.45) is 0 Å². The topological polar surface area (TPSA) is 61.4 Å². The van der Waals surface area contributed by atoms with Crippen LogP contribution in [-0.2, 0) is 13.0 Å². The van der Waals surface area contributed by atoms with Gasteiger partial charge in [-0.3, -0.25) is 4.79 Å². The molecule has 3 rings (SSSR count). The van der Waals surface area contributed by atoms with Crippen LogP contribution >= 0.6 is 0 Å². The summed E-state index contributed by atoms with van der Waals surface area (Å²) in [5.41, 5.74) is 2.87. The Kier molecular flexibility index (Phi) is 3.29. The lowest BCUT2D eigenvalue weighted by Crippen LogP contribution is -2.56. The van der Waals surface area contributed by atoms with Crippen molar-refractivity contribution in [2.75, 3.05) is 13.2 Å². The molecule has 4 heteroatoms. The van der Waals surface area contributed by atoms with Gasteiger partial charge in [0.25, 0.3) is 5.91 Å². The molecule has 0 unspecified atom stereocenters. The highest BCUT2D eigenvalue weighted by atomic mass is 16.3. The lowest BCUT2D eigenvalue weighted by atomic mass is 9.77. The number of hydrogen-bond acceptors (Lipinski definition) is 3. The largest absolute Gasteiger partial charge is 0.394 e. The average Bonchev–Trinajstić information content (AvgIpc) is 2.42. The van der Waals surface area contributed by atoms with Gasteiger partial charge in [-0.15, -0.1) is 0 Å². The van der Waals surface area contributed by atoms with Gasteiger partial charge in [-0.2, -0.15) is 0 Å². The van der Waals surface area contributed by atoms with E-state index < -0.39 is 0 Å². The van der Waals surface area contributed by atoms with Gasteiger partial charge in [0.1, 0.15) is 0 Å². The normalized spacial score (nSPS) is 20.3. The Morgan fingerprint density at radius 3 is 2.89 bits per heavy atom. The van der Waals surface area contributed by atoms with Crippen LogP contribution in [0.1, 0.15) is 40.7 Å². The first-order chi connectivity index (χ1) is 9.22. The summed E-state index contributed by atoms with van der Waals surface area (Å²) in [6.45, 7) is 1.87. The van der Waals surface area contributed by atoms with Crippen LogP contribution in [0.15, 0.2) is 18.2 Å². The second-order valence-electron chi connectivity index (χ2n) is 5.66. The summed E-state index contributed by atoms with van der Waals surface area (Å²) < 4.78 is 0. The van der Waals surface area contributed by atoms with E-state index in [0.29, 0.717) is 5.56 Å². The van der Waals surface area contributed by atoms with E-state index in [2.05, 4.69) is 16.7 Å². The van der Waals surface area contributed by atoms with Crippen LogP contribution in [0.2, 0.25) is 0 Å². The molecule has 3 N–H and O–H groups in total. The third-order valence-electron chi connectivity index (χ3n) is 4.35. The molecule has 1 aliphatic carbocycles. The second-order valence-corrected chi connectivity index (χ2v) is 5.66. The molecule has 4 nitrogen and oxygen atoms in total. The maximum atomic E-state index is 12.3. The van der Waals surface area contributed by atoms with Gasteiger partial charge in [0.2, 0.25) is 0 Å². The molecule has 1 aromatic carbocycles. The molecule has 0 bridgehead atoms. The predicted octanol–water partition coefficient (Wildman–Crippen LogP) is 0.977. The summed E-state index contributed by atoms with van der Waals surface area (Å²) in [6, 6.07) is 5.92. The number of hydrogen-bond donors (Lipinski definition) is 3. The van der Waals surface area contributed by atoms with E-state index in [1.807, 2.05) is 12.1 Å². The van der Waals surface area contributed by atoms with E-state index >= 15 is 0 Å². The number of carbonyl (C=O) groups is 1. The molecule has 102 valence electrons. The van der Waals surface area contributed by atoms with Crippen LogP contribution in [0, 0.1) is 0 Å². The fourth-order valence-electron chi connectivity index (χ4n) is 2.86. The smallest absolute Gasteiger partial charge is 0.251 e. The van der Waals surface area contributed by atoms with Crippen molar-refractivity contribution in [3.05, 3.63) is 34.9 Å². The van der Waals surface area contributed by atoms with E-state index in [9.17, 15) is 9.90 Å². The first-order valence-electron chi connectivity index (χ1n) is 6.98. The van der Waals surface area contributed by atoms with Crippen LogP contribution in [0.3, 0.4) is 0 Å². The van der Waals surface area contributed by atoms with Gasteiger partial charge in [0.15, 0.2) is 0 Å². The Labute approximate surface area is 113 Å². The van der Waals surface area contributed by atoms with Gasteiger partial charge in [0, 0.05) is 12.1 Å². The van der Waals surface area contributed by atoms with Gasteiger partial charge >= 0.3 is 0 Å². The Morgan fingerprint density at radius 1 is 1.37 bits per heavy atom. The van der Waals surface area contributed by atoms with E-state index in [1.54, 1.807) is 0 Å². The van der Waals surface area contributed by atoms with E-state index in [4.69, 9.17) is 0 Å². The van der Waals surface area contributed by atoms with E-state index in [-0.39, 0.29) is 18.1 Å². The number of fused-ring (bicyclic) bond motifs is 1. The average molecular weight is 260 g/mol. The molecule has 19 heavy (non-hydrogen) atoms. The van der Waals surface area contributed by atoms with Crippen molar-refractivity contribution in [2.45, 2.75) is 37.8 Å². The Hall–Kier alpha value is -1.39. The van der Waals surface area contributed by atoms with Crippen LogP contribution in [0.4, 0.5) is 0 Å². The molecule has 1 aliphatic heterocycles. The molecule has 0 saturated heterocycles. The number of benzene rings is 1. The molecule has 1 saturated carbocycles. The minimum Gasteiger partial charge on any atom is -0.394 e. The molecule has 0 aromatic heterocycles. The van der Waals surface area contributed by atoms with Crippen LogP contribution in [0.25, 0.3) is 0 Å². The maximum absolute atomic E-state index is 12.3. The Balaban J connectivity index is 1.76. The van der Waals surface area contributed by atoms with Crippen molar-refractivity contribution in [3.8, 4) is 0 Å². The minimum absolute atomic E-state index is 0.0330. The lowest BCUT2D eigenvalue weighted by molar-refractivity contribution is 0.0641. The Bertz CT molecular complexity index is 489. The fraction of sp³-hybridized carbons (Fsp3) is 0.533. The van der Waals surface area contributed by atoms with Crippen LogP contribution in [-0.4, -0.2) is 29.7 Å². The van der Waals surface area contributed by atoms with Gasteiger partial charge in [0.05, 0.1) is 12.1 Å². The predicted molar refractivity (Wildman–Crippen MR) is 73.0 cm³/mol. The van der Waals surface area contributed by atoms with Gasteiger partial charge < -0.3 is 15.7 Å². The van der Waals surface area contributed by atoms with Crippen LogP contribution in [0.5, 0.6) is 0 Å². The van der Waals surface area contributed by atoms with Crippen molar-refractivity contribution in [1.82, 2.24) is 10.6 Å². The number of rotatable bonds is 3. The third kappa shape index (κ3) is 2.38. The van der Waals surface area contributed by atoms with Crippen molar-refractivity contribution >= 4 is 5.91 Å². The summed E-state index contributed by atoms with van der Waals surface area (Å²) in [5, 5.41) is 15.7. The number of amides is 1. The van der Waals surface area contributed by atoms with Gasteiger partial charge in [-0.25, -0.2) is 0 Å². The zero-order valence-electron chi connectivity index (χ0n) is 11.0. The highest BCUT2D eigenvalue weighted by Crippen LogP contribution is 2.31.